The Morgan fingerprint density at radius 3 is 2.77 bits per heavy atom. The van der Waals surface area contributed by atoms with Crippen LogP contribution in [0.5, 0.6) is 0 Å². The van der Waals surface area contributed by atoms with Gasteiger partial charge in [0.05, 0.1) is 12.2 Å². The number of nitrogens with zero attached hydrogens (tertiary/aromatic N) is 3. The van der Waals surface area contributed by atoms with Crippen LogP contribution in [0.15, 0.2) is 18.3 Å². The summed E-state index contributed by atoms with van der Waals surface area (Å²) in [5, 5.41) is 16.9. The molecule has 22 heavy (non-hydrogen) atoms. The maximum Gasteiger partial charge on any atom is 0.326 e. The maximum absolute atomic E-state index is 12.1. The first-order valence-corrected chi connectivity index (χ1v) is 7.71. The number of carbonyl (C=O) groups excluding carboxylic acids is 1. The molecule has 0 radical (unpaired) electrons. The maximum atomic E-state index is 12.1. The fraction of sp³-hybridized carbons (Fsp3) is 0.533. The van der Waals surface area contributed by atoms with Crippen LogP contribution in [0.3, 0.4) is 0 Å². The highest BCUT2D eigenvalue weighted by Gasteiger charge is 2.30. The molecule has 3 rings (SSSR count). The van der Waals surface area contributed by atoms with Gasteiger partial charge in [-0.1, -0.05) is 13.8 Å². The van der Waals surface area contributed by atoms with E-state index in [0.717, 1.165) is 5.69 Å². The molecular formula is C15H22N6O. The van der Waals surface area contributed by atoms with Gasteiger partial charge in [0, 0.05) is 17.8 Å². The third-order valence-corrected chi connectivity index (χ3v) is 4.06. The molecule has 2 amide bonds. The highest BCUT2D eigenvalue weighted by atomic mass is 16.2. The number of urea groups is 1. The monoisotopic (exact) mass is 302 g/mol. The molecule has 0 spiro atoms. The normalized spacial score (nSPS) is 15.8. The van der Waals surface area contributed by atoms with Crippen LogP contribution in [-0.4, -0.2) is 26.0 Å². The second kappa shape index (κ2) is 5.82. The summed E-state index contributed by atoms with van der Waals surface area (Å²) in [6.45, 7) is 6.26. The van der Waals surface area contributed by atoms with Crippen molar-refractivity contribution in [2.75, 3.05) is 10.6 Å². The molecule has 0 aliphatic heterocycles. The minimum Gasteiger partial charge on any atom is -0.292 e. The van der Waals surface area contributed by atoms with E-state index < -0.39 is 0 Å². The van der Waals surface area contributed by atoms with E-state index in [4.69, 9.17) is 0 Å². The van der Waals surface area contributed by atoms with Gasteiger partial charge in [-0.25, -0.2) is 9.48 Å². The minimum absolute atomic E-state index is 0.309. The molecule has 1 atom stereocenters. The molecule has 7 heteroatoms. The highest BCUT2D eigenvalue weighted by Crippen LogP contribution is 2.40. The molecule has 1 fully saturated rings. The van der Waals surface area contributed by atoms with Crippen LogP contribution in [-0.2, 0) is 0 Å². The van der Waals surface area contributed by atoms with Crippen molar-refractivity contribution in [1.82, 2.24) is 20.0 Å². The van der Waals surface area contributed by atoms with Gasteiger partial charge in [-0.15, -0.1) is 0 Å². The number of aromatic nitrogens is 4. The van der Waals surface area contributed by atoms with Crippen LogP contribution < -0.4 is 10.6 Å². The molecule has 0 unspecified atom stereocenters. The second-order valence-corrected chi connectivity index (χ2v) is 6.18. The Hall–Kier alpha value is -2.31. The lowest BCUT2D eigenvalue weighted by Gasteiger charge is -2.15. The lowest BCUT2D eigenvalue weighted by Crippen LogP contribution is -2.23. The molecule has 2 aromatic heterocycles. The second-order valence-electron chi connectivity index (χ2n) is 6.18. The summed E-state index contributed by atoms with van der Waals surface area (Å²) in [4.78, 5) is 12.1. The van der Waals surface area contributed by atoms with Crippen molar-refractivity contribution in [3.05, 3.63) is 24.0 Å². The first-order valence-electron chi connectivity index (χ1n) is 7.71. The molecule has 0 bridgehead atoms. The number of nitrogens with one attached hydrogen (secondary N) is 3. The topological polar surface area (TPSA) is 87.6 Å². The van der Waals surface area contributed by atoms with Crippen molar-refractivity contribution in [3.8, 4) is 0 Å². The average Bonchev–Trinajstić information content (AvgIpc) is 3.04. The molecule has 118 valence electrons. The van der Waals surface area contributed by atoms with E-state index >= 15 is 0 Å². The molecule has 7 nitrogen and oxygen atoms in total. The van der Waals surface area contributed by atoms with Crippen LogP contribution in [0.25, 0.3) is 0 Å². The fourth-order valence-electron chi connectivity index (χ4n) is 2.48. The Balaban J connectivity index is 1.63. The number of carbonyl (C=O) groups is 1. The van der Waals surface area contributed by atoms with Crippen molar-refractivity contribution < 1.29 is 4.79 Å². The third-order valence-electron chi connectivity index (χ3n) is 4.06. The van der Waals surface area contributed by atoms with Crippen molar-refractivity contribution in [2.45, 2.75) is 45.6 Å². The van der Waals surface area contributed by atoms with E-state index in [1.807, 2.05) is 16.8 Å². The van der Waals surface area contributed by atoms with Crippen molar-refractivity contribution >= 4 is 17.7 Å². The Bertz CT molecular complexity index is 655. The Morgan fingerprint density at radius 1 is 1.36 bits per heavy atom. The lowest BCUT2D eigenvalue weighted by molar-refractivity contribution is 0.261. The van der Waals surface area contributed by atoms with Gasteiger partial charge >= 0.3 is 6.03 Å². The van der Waals surface area contributed by atoms with Crippen molar-refractivity contribution in [1.29, 1.82) is 0 Å². The summed E-state index contributed by atoms with van der Waals surface area (Å²) in [6.07, 6.45) is 4.18. The first kappa shape index (κ1) is 14.6. The smallest absolute Gasteiger partial charge is 0.292 e. The predicted molar refractivity (Wildman–Crippen MR) is 85.0 cm³/mol. The van der Waals surface area contributed by atoms with E-state index in [-0.39, 0.29) is 6.03 Å². The molecule has 0 aromatic carbocycles. The van der Waals surface area contributed by atoms with Crippen molar-refractivity contribution in [3.63, 3.8) is 0 Å². The first-order chi connectivity index (χ1) is 10.5. The Kier molecular flexibility index (Phi) is 3.87. The quantitative estimate of drug-likeness (QED) is 0.791. The van der Waals surface area contributed by atoms with Gasteiger partial charge in [-0.2, -0.15) is 10.2 Å². The number of amides is 2. The zero-order chi connectivity index (χ0) is 15.7. The van der Waals surface area contributed by atoms with Crippen LogP contribution in [0, 0.1) is 5.92 Å². The van der Waals surface area contributed by atoms with Crippen LogP contribution in [0.2, 0.25) is 0 Å². The number of anilines is 2. The van der Waals surface area contributed by atoms with Crippen molar-refractivity contribution in [2.24, 2.45) is 5.92 Å². The van der Waals surface area contributed by atoms with Gasteiger partial charge in [0.2, 0.25) is 0 Å². The zero-order valence-corrected chi connectivity index (χ0v) is 13.1. The summed E-state index contributed by atoms with van der Waals surface area (Å²) >= 11 is 0. The summed E-state index contributed by atoms with van der Waals surface area (Å²) in [7, 11) is 0. The molecule has 1 aliphatic rings. The molecule has 2 aromatic rings. The van der Waals surface area contributed by atoms with E-state index in [0.29, 0.717) is 29.5 Å². The lowest BCUT2D eigenvalue weighted by atomic mass is 10.1. The van der Waals surface area contributed by atoms with Crippen LogP contribution in [0.4, 0.5) is 16.4 Å². The predicted octanol–water partition coefficient (Wildman–Crippen LogP) is 3.34. The summed E-state index contributed by atoms with van der Waals surface area (Å²) in [6, 6.07) is 3.64. The van der Waals surface area contributed by atoms with Crippen LogP contribution >= 0.6 is 0 Å². The largest absolute Gasteiger partial charge is 0.326 e. The van der Waals surface area contributed by atoms with E-state index in [1.165, 1.54) is 12.8 Å². The molecule has 1 saturated carbocycles. The molecule has 3 N–H and O–H groups in total. The van der Waals surface area contributed by atoms with E-state index in [1.54, 1.807) is 6.20 Å². The van der Waals surface area contributed by atoms with E-state index in [9.17, 15) is 4.79 Å². The zero-order valence-electron chi connectivity index (χ0n) is 13.1. The van der Waals surface area contributed by atoms with Gasteiger partial charge in [-0.05, 0) is 31.6 Å². The summed E-state index contributed by atoms with van der Waals surface area (Å²) in [5.74, 6) is 2.23. The van der Waals surface area contributed by atoms with Gasteiger partial charge < -0.3 is 0 Å². The number of hydrogen-bond acceptors (Lipinski definition) is 3. The minimum atomic E-state index is -0.313. The number of hydrogen-bond donors (Lipinski definition) is 3. The summed E-state index contributed by atoms with van der Waals surface area (Å²) < 4.78 is 1.88. The van der Waals surface area contributed by atoms with Gasteiger partial charge in [-0.3, -0.25) is 15.7 Å². The average molecular weight is 302 g/mol. The Labute approximate surface area is 129 Å². The van der Waals surface area contributed by atoms with E-state index in [2.05, 4.69) is 46.7 Å². The number of H-pyrrole nitrogens is 1. The van der Waals surface area contributed by atoms with Crippen LogP contribution in [0.1, 0.15) is 51.3 Å². The van der Waals surface area contributed by atoms with Gasteiger partial charge in [0.1, 0.15) is 5.82 Å². The number of aromatic amines is 1. The third kappa shape index (κ3) is 3.13. The molecule has 0 saturated heterocycles. The SMILES string of the molecule is CC(C)c1cc(NC(=O)Nc2ccnn2[C@@H](C)C2CC2)n[nH]1. The fourth-order valence-corrected chi connectivity index (χ4v) is 2.48. The number of rotatable bonds is 5. The van der Waals surface area contributed by atoms with Gasteiger partial charge in [0.25, 0.3) is 0 Å². The molecule has 2 heterocycles. The van der Waals surface area contributed by atoms with Gasteiger partial charge in [0.15, 0.2) is 5.82 Å². The molecular weight excluding hydrogens is 280 g/mol. The Morgan fingerprint density at radius 2 is 2.14 bits per heavy atom. The standard InChI is InChI=1S/C15H22N6O/c1-9(2)12-8-13(20-19-12)17-15(22)18-14-6-7-16-21(14)10(3)11-4-5-11/h6-11H,4-5H2,1-3H3,(H3,17,18,19,20,22)/t10-/m0/s1. The highest BCUT2D eigenvalue weighted by molar-refractivity contribution is 5.98. The summed E-state index contributed by atoms with van der Waals surface area (Å²) in [5.41, 5.74) is 0.989. The molecule has 1 aliphatic carbocycles.